The van der Waals surface area contributed by atoms with Crippen LogP contribution in [0.3, 0.4) is 0 Å². The van der Waals surface area contributed by atoms with Gasteiger partial charge in [0.25, 0.3) is 5.91 Å². The third-order valence-electron chi connectivity index (χ3n) is 2.46. The van der Waals surface area contributed by atoms with E-state index in [1.165, 1.54) is 0 Å². The van der Waals surface area contributed by atoms with E-state index in [9.17, 15) is 4.79 Å². The van der Waals surface area contributed by atoms with Crippen molar-refractivity contribution in [3.05, 3.63) is 29.8 Å². The van der Waals surface area contributed by atoms with Crippen LogP contribution in [-0.2, 0) is 0 Å². The number of carbonyl (C=O) groups is 1. The lowest BCUT2D eigenvalue weighted by Gasteiger charge is -2.14. The molecule has 1 aromatic carbocycles. The third-order valence-corrected chi connectivity index (χ3v) is 2.46. The molecule has 0 spiro atoms. The Morgan fingerprint density at radius 3 is 2.50 bits per heavy atom. The van der Waals surface area contributed by atoms with Gasteiger partial charge in [-0.3, -0.25) is 4.79 Å². The lowest BCUT2D eigenvalue weighted by molar-refractivity contribution is 0.0937. The Kier molecular flexibility index (Phi) is 4.79. The first kappa shape index (κ1) is 12.5. The molecule has 1 unspecified atom stereocenters. The number of hydrogen-bond donors (Lipinski definition) is 2. The summed E-state index contributed by atoms with van der Waals surface area (Å²) in [5.74, 6) is 0.641. The lowest BCUT2D eigenvalue weighted by atomic mass is 10.1. The van der Waals surface area contributed by atoms with E-state index in [1.54, 1.807) is 31.4 Å². The first-order valence-corrected chi connectivity index (χ1v) is 5.36. The van der Waals surface area contributed by atoms with E-state index in [1.807, 2.05) is 6.92 Å². The largest absolute Gasteiger partial charge is 0.497 e. The van der Waals surface area contributed by atoms with Crippen molar-refractivity contribution >= 4 is 5.91 Å². The fraction of sp³-hybridized carbons (Fsp3) is 0.417. The van der Waals surface area contributed by atoms with Crippen molar-refractivity contribution in [2.75, 3.05) is 13.7 Å². The average molecular weight is 222 g/mol. The second kappa shape index (κ2) is 6.12. The zero-order valence-electron chi connectivity index (χ0n) is 9.69. The molecule has 0 aliphatic heterocycles. The van der Waals surface area contributed by atoms with Crippen LogP contribution in [0.4, 0.5) is 0 Å². The van der Waals surface area contributed by atoms with Gasteiger partial charge in [-0.15, -0.1) is 0 Å². The summed E-state index contributed by atoms with van der Waals surface area (Å²) >= 11 is 0. The molecule has 0 bridgehead atoms. The maximum Gasteiger partial charge on any atom is 0.251 e. The van der Waals surface area contributed by atoms with Gasteiger partial charge in [-0.05, 0) is 30.7 Å². The topological polar surface area (TPSA) is 64.3 Å². The molecule has 1 atom stereocenters. The van der Waals surface area contributed by atoms with Gasteiger partial charge in [0.05, 0.1) is 7.11 Å². The summed E-state index contributed by atoms with van der Waals surface area (Å²) < 4.78 is 5.02. The molecule has 88 valence electrons. The number of ether oxygens (including phenoxy) is 1. The number of hydrogen-bond acceptors (Lipinski definition) is 3. The maximum absolute atomic E-state index is 11.8. The number of benzene rings is 1. The molecule has 3 N–H and O–H groups in total. The van der Waals surface area contributed by atoms with E-state index in [0.717, 1.165) is 12.2 Å². The van der Waals surface area contributed by atoms with Gasteiger partial charge in [-0.2, -0.15) is 0 Å². The van der Waals surface area contributed by atoms with Gasteiger partial charge in [0.1, 0.15) is 5.75 Å². The van der Waals surface area contributed by atoms with Gasteiger partial charge in [-0.25, -0.2) is 0 Å². The molecule has 0 fully saturated rings. The van der Waals surface area contributed by atoms with Crippen LogP contribution in [0.25, 0.3) is 0 Å². The fourth-order valence-corrected chi connectivity index (χ4v) is 1.34. The van der Waals surface area contributed by atoms with Gasteiger partial charge in [0.2, 0.25) is 0 Å². The smallest absolute Gasteiger partial charge is 0.251 e. The van der Waals surface area contributed by atoms with Gasteiger partial charge in [0, 0.05) is 18.2 Å². The number of rotatable bonds is 5. The summed E-state index contributed by atoms with van der Waals surface area (Å²) in [6.45, 7) is 2.45. The van der Waals surface area contributed by atoms with Gasteiger partial charge in [0.15, 0.2) is 0 Å². The minimum absolute atomic E-state index is 0.0367. The molecule has 4 heteroatoms. The third kappa shape index (κ3) is 3.24. The standard InChI is InChI=1S/C12H18N2O2/c1-3-10(8-13)14-12(15)9-4-6-11(16-2)7-5-9/h4-7,10H,3,8,13H2,1-2H3,(H,14,15). The Hall–Kier alpha value is -1.55. The lowest BCUT2D eigenvalue weighted by Crippen LogP contribution is -2.39. The first-order valence-electron chi connectivity index (χ1n) is 5.36. The molecule has 1 rings (SSSR count). The normalized spacial score (nSPS) is 11.9. The predicted octanol–water partition coefficient (Wildman–Crippen LogP) is 1.16. The molecule has 1 aromatic rings. The summed E-state index contributed by atoms with van der Waals surface area (Å²) in [6.07, 6.45) is 0.832. The highest BCUT2D eigenvalue weighted by atomic mass is 16.5. The van der Waals surface area contributed by atoms with Crippen LogP contribution < -0.4 is 15.8 Å². The Bertz CT molecular complexity index is 331. The second-order valence-electron chi connectivity index (χ2n) is 3.54. The number of nitrogens with one attached hydrogen (secondary N) is 1. The summed E-state index contributed by atoms with van der Waals surface area (Å²) in [4.78, 5) is 11.8. The van der Waals surface area contributed by atoms with Gasteiger partial charge >= 0.3 is 0 Å². The predicted molar refractivity (Wildman–Crippen MR) is 63.6 cm³/mol. The van der Waals surface area contributed by atoms with Gasteiger partial charge < -0.3 is 15.8 Å². The van der Waals surface area contributed by atoms with Gasteiger partial charge in [-0.1, -0.05) is 6.92 Å². The SMILES string of the molecule is CCC(CN)NC(=O)c1ccc(OC)cc1. The molecule has 4 nitrogen and oxygen atoms in total. The molecular formula is C12H18N2O2. The average Bonchev–Trinajstić information content (AvgIpc) is 2.35. The van der Waals surface area contributed by atoms with E-state index in [4.69, 9.17) is 10.5 Å². The molecule has 0 aromatic heterocycles. The van der Waals surface area contributed by atoms with Crippen molar-refractivity contribution in [2.24, 2.45) is 5.73 Å². The molecule has 16 heavy (non-hydrogen) atoms. The van der Waals surface area contributed by atoms with E-state index in [2.05, 4.69) is 5.32 Å². The first-order chi connectivity index (χ1) is 7.71. The quantitative estimate of drug-likeness (QED) is 0.785. The minimum Gasteiger partial charge on any atom is -0.497 e. The van der Waals surface area contributed by atoms with Crippen molar-refractivity contribution in [1.29, 1.82) is 0 Å². The van der Waals surface area contributed by atoms with Crippen molar-refractivity contribution in [3.63, 3.8) is 0 Å². The molecule has 0 saturated carbocycles. The summed E-state index contributed by atoms with van der Waals surface area (Å²) in [5, 5.41) is 2.87. The highest BCUT2D eigenvalue weighted by molar-refractivity contribution is 5.94. The Balaban J connectivity index is 2.65. The summed E-state index contributed by atoms with van der Waals surface area (Å²) in [5.41, 5.74) is 6.14. The fourth-order valence-electron chi connectivity index (χ4n) is 1.34. The Morgan fingerprint density at radius 2 is 2.06 bits per heavy atom. The van der Waals surface area contributed by atoms with E-state index >= 15 is 0 Å². The molecule has 1 amide bonds. The highest BCUT2D eigenvalue weighted by Crippen LogP contribution is 2.11. The van der Waals surface area contributed by atoms with E-state index in [-0.39, 0.29) is 11.9 Å². The number of carbonyl (C=O) groups excluding carboxylic acids is 1. The van der Waals surface area contributed by atoms with Crippen LogP contribution in [0, 0.1) is 0 Å². The van der Waals surface area contributed by atoms with Crippen molar-refractivity contribution in [2.45, 2.75) is 19.4 Å². The number of nitrogens with two attached hydrogens (primary N) is 1. The summed E-state index contributed by atoms with van der Waals surface area (Å²) in [7, 11) is 1.59. The molecule has 0 radical (unpaired) electrons. The molecular weight excluding hydrogens is 204 g/mol. The van der Waals surface area contributed by atoms with Crippen LogP contribution in [0.15, 0.2) is 24.3 Å². The zero-order valence-corrected chi connectivity index (χ0v) is 9.69. The number of methoxy groups -OCH3 is 1. The number of amides is 1. The zero-order chi connectivity index (χ0) is 12.0. The maximum atomic E-state index is 11.8. The Morgan fingerprint density at radius 1 is 1.44 bits per heavy atom. The van der Waals surface area contributed by atoms with Crippen molar-refractivity contribution in [1.82, 2.24) is 5.32 Å². The summed E-state index contributed by atoms with van der Waals surface area (Å²) in [6, 6.07) is 7.03. The van der Waals surface area contributed by atoms with Crippen LogP contribution in [-0.4, -0.2) is 25.6 Å². The monoisotopic (exact) mass is 222 g/mol. The highest BCUT2D eigenvalue weighted by Gasteiger charge is 2.10. The van der Waals surface area contributed by atoms with Crippen LogP contribution in [0.5, 0.6) is 5.75 Å². The van der Waals surface area contributed by atoms with Crippen LogP contribution in [0.1, 0.15) is 23.7 Å². The Labute approximate surface area is 95.8 Å². The molecule has 0 aliphatic carbocycles. The van der Waals surface area contributed by atoms with E-state index in [0.29, 0.717) is 12.1 Å². The van der Waals surface area contributed by atoms with E-state index < -0.39 is 0 Å². The van der Waals surface area contributed by atoms with Crippen molar-refractivity contribution < 1.29 is 9.53 Å². The van der Waals surface area contributed by atoms with Crippen LogP contribution in [0.2, 0.25) is 0 Å². The van der Waals surface area contributed by atoms with Crippen molar-refractivity contribution in [3.8, 4) is 5.75 Å². The molecule has 0 aliphatic rings. The van der Waals surface area contributed by atoms with Crippen LogP contribution >= 0.6 is 0 Å². The molecule has 0 heterocycles. The molecule has 0 saturated heterocycles. The second-order valence-corrected chi connectivity index (χ2v) is 3.54. The minimum atomic E-state index is -0.0973.